The Morgan fingerprint density at radius 3 is 2.78 bits per heavy atom. The van der Waals surface area contributed by atoms with Crippen molar-refractivity contribution in [2.45, 2.75) is 13.5 Å². The van der Waals surface area contributed by atoms with Gasteiger partial charge in [0.15, 0.2) is 11.5 Å². The van der Waals surface area contributed by atoms with Gasteiger partial charge in [-0.1, -0.05) is 18.2 Å². The zero-order valence-corrected chi connectivity index (χ0v) is 15.2. The van der Waals surface area contributed by atoms with Crippen LogP contribution in [0.2, 0.25) is 0 Å². The molecule has 23 heavy (non-hydrogen) atoms. The van der Waals surface area contributed by atoms with Gasteiger partial charge in [0.25, 0.3) is 0 Å². The molecule has 0 amide bonds. The fourth-order valence-electron chi connectivity index (χ4n) is 2.03. The molecule has 122 valence electrons. The summed E-state index contributed by atoms with van der Waals surface area (Å²) in [4.78, 5) is 0. The second-order valence-electron chi connectivity index (χ2n) is 4.69. The third-order valence-electron chi connectivity index (χ3n) is 3.12. The lowest BCUT2D eigenvalue weighted by atomic mass is 10.2. The monoisotopic (exact) mass is 426 g/mol. The molecule has 0 aliphatic heterocycles. The number of hydrogen-bond donors (Lipinski definition) is 2. The predicted molar refractivity (Wildman–Crippen MR) is 99.4 cm³/mol. The zero-order chi connectivity index (χ0) is 16.7. The van der Waals surface area contributed by atoms with Gasteiger partial charge in [0.2, 0.25) is 0 Å². The number of rotatable bonds is 7. The quantitative estimate of drug-likeness (QED) is 0.404. The van der Waals surface area contributed by atoms with Gasteiger partial charge >= 0.3 is 0 Å². The van der Waals surface area contributed by atoms with Gasteiger partial charge in [-0.15, -0.1) is 0 Å². The van der Waals surface area contributed by atoms with Crippen molar-refractivity contribution in [1.29, 1.82) is 0 Å². The van der Waals surface area contributed by atoms with Crippen molar-refractivity contribution in [2.24, 2.45) is 5.10 Å². The molecule has 0 aliphatic carbocycles. The van der Waals surface area contributed by atoms with Crippen molar-refractivity contribution in [2.75, 3.05) is 13.7 Å². The second-order valence-corrected chi connectivity index (χ2v) is 5.85. The van der Waals surface area contributed by atoms with Gasteiger partial charge in [-0.25, -0.2) is 0 Å². The van der Waals surface area contributed by atoms with E-state index in [0.29, 0.717) is 18.9 Å². The van der Waals surface area contributed by atoms with Crippen LogP contribution in [0, 0.1) is 3.57 Å². The Balaban J connectivity index is 2.03. The average Bonchev–Trinajstić information content (AvgIpc) is 2.56. The van der Waals surface area contributed by atoms with Crippen molar-refractivity contribution < 1.29 is 14.6 Å². The third kappa shape index (κ3) is 4.75. The van der Waals surface area contributed by atoms with Crippen LogP contribution in [0.3, 0.4) is 0 Å². The van der Waals surface area contributed by atoms with Crippen molar-refractivity contribution in [3.8, 4) is 17.2 Å². The van der Waals surface area contributed by atoms with Crippen LogP contribution < -0.4 is 14.9 Å². The molecule has 0 heterocycles. The van der Waals surface area contributed by atoms with Gasteiger partial charge in [0.1, 0.15) is 5.75 Å². The van der Waals surface area contributed by atoms with Crippen LogP contribution in [-0.2, 0) is 6.54 Å². The van der Waals surface area contributed by atoms with Gasteiger partial charge < -0.3 is 20.0 Å². The average molecular weight is 426 g/mol. The van der Waals surface area contributed by atoms with Gasteiger partial charge in [0.05, 0.1) is 30.0 Å². The van der Waals surface area contributed by atoms with Gasteiger partial charge in [0, 0.05) is 5.56 Å². The van der Waals surface area contributed by atoms with Crippen LogP contribution in [0.1, 0.15) is 18.1 Å². The van der Waals surface area contributed by atoms with E-state index in [0.717, 1.165) is 20.4 Å². The zero-order valence-electron chi connectivity index (χ0n) is 13.0. The van der Waals surface area contributed by atoms with E-state index in [9.17, 15) is 5.11 Å². The Kier molecular flexibility index (Phi) is 6.52. The molecule has 0 aromatic heterocycles. The highest BCUT2D eigenvalue weighted by Crippen LogP contribution is 2.32. The van der Waals surface area contributed by atoms with Crippen LogP contribution in [0.5, 0.6) is 17.2 Å². The maximum absolute atomic E-state index is 9.92. The third-order valence-corrected chi connectivity index (χ3v) is 3.94. The summed E-state index contributed by atoms with van der Waals surface area (Å²) in [5.74, 6) is 1.45. The van der Waals surface area contributed by atoms with Crippen LogP contribution in [0.15, 0.2) is 41.5 Å². The first kappa shape index (κ1) is 17.4. The lowest BCUT2D eigenvalue weighted by molar-refractivity contribution is 0.317. The smallest absolute Gasteiger partial charge is 0.171 e. The van der Waals surface area contributed by atoms with Crippen LogP contribution in [0.4, 0.5) is 0 Å². The lowest BCUT2D eigenvalue weighted by Gasteiger charge is -2.09. The van der Waals surface area contributed by atoms with E-state index in [2.05, 4.69) is 33.1 Å². The molecule has 0 spiro atoms. The second kappa shape index (κ2) is 8.61. The maximum Gasteiger partial charge on any atom is 0.171 e. The Morgan fingerprint density at radius 1 is 1.26 bits per heavy atom. The number of halogens is 1. The fourth-order valence-corrected chi connectivity index (χ4v) is 2.66. The molecule has 2 aromatic carbocycles. The number of nitrogens with one attached hydrogen (secondary N) is 1. The molecule has 2 N–H and O–H groups in total. The minimum Gasteiger partial charge on any atom is -0.504 e. The molecule has 2 aromatic rings. The van der Waals surface area contributed by atoms with Crippen molar-refractivity contribution in [3.63, 3.8) is 0 Å². The van der Waals surface area contributed by atoms with E-state index in [-0.39, 0.29) is 5.75 Å². The van der Waals surface area contributed by atoms with Crippen LogP contribution in [0.25, 0.3) is 0 Å². The fraction of sp³-hybridized carbons (Fsp3) is 0.235. The van der Waals surface area contributed by atoms with Crippen molar-refractivity contribution in [1.82, 2.24) is 5.43 Å². The van der Waals surface area contributed by atoms with Gasteiger partial charge in [-0.3, -0.25) is 0 Å². The highest BCUT2D eigenvalue weighted by molar-refractivity contribution is 14.1. The summed E-state index contributed by atoms with van der Waals surface area (Å²) >= 11 is 2.07. The highest BCUT2D eigenvalue weighted by atomic mass is 127. The Hall–Kier alpha value is -1.96. The number of hydrogen-bond acceptors (Lipinski definition) is 5. The Labute approximate surface area is 149 Å². The number of ether oxygens (including phenoxy) is 2. The van der Waals surface area contributed by atoms with E-state index in [1.54, 1.807) is 19.4 Å². The SMILES string of the molecule is CCOc1cc(/C=N\NCc2ccccc2OC)cc(I)c1O. The Morgan fingerprint density at radius 2 is 2.04 bits per heavy atom. The summed E-state index contributed by atoms with van der Waals surface area (Å²) in [6.07, 6.45) is 1.69. The molecule has 0 atom stereocenters. The summed E-state index contributed by atoms with van der Waals surface area (Å²) in [7, 11) is 1.65. The van der Waals surface area contributed by atoms with E-state index in [1.165, 1.54) is 0 Å². The van der Waals surface area contributed by atoms with E-state index >= 15 is 0 Å². The van der Waals surface area contributed by atoms with Crippen molar-refractivity contribution >= 4 is 28.8 Å². The summed E-state index contributed by atoms with van der Waals surface area (Å²) in [5, 5.41) is 14.1. The Bertz CT molecular complexity index is 690. The van der Waals surface area contributed by atoms with E-state index in [4.69, 9.17) is 9.47 Å². The number of hydrazone groups is 1. The minimum absolute atomic E-state index is 0.159. The summed E-state index contributed by atoms with van der Waals surface area (Å²) in [5.41, 5.74) is 4.87. The number of para-hydroxylation sites is 1. The predicted octanol–water partition coefficient (Wildman–Crippen LogP) is 3.53. The molecule has 2 rings (SSSR count). The summed E-state index contributed by atoms with van der Waals surface area (Å²) in [6, 6.07) is 11.4. The summed E-state index contributed by atoms with van der Waals surface area (Å²) in [6.45, 7) is 2.94. The molecule has 5 nitrogen and oxygen atoms in total. The summed E-state index contributed by atoms with van der Waals surface area (Å²) < 4.78 is 11.4. The van der Waals surface area contributed by atoms with Crippen LogP contribution >= 0.6 is 22.6 Å². The molecule has 6 heteroatoms. The minimum atomic E-state index is 0.159. The molecule has 0 aliphatic rings. The topological polar surface area (TPSA) is 63.1 Å². The molecular weight excluding hydrogens is 407 g/mol. The number of phenols is 1. The first-order valence-corrected chi connectivity index (χ1v) is 8.26. The normalized spacial score (nSPS) is 10.7. The molecule has 0 unspecified atom stereocenters. The highest BCUT2D eigenvalue weighted by Gasteiger charge is 2.08. The van der Waals surface area contributed by atoms with E-state index < -0.39 is 0 Å². The number of methoxy groups -OCH3 is 1. The molecule has 0 saturated heterocycles. The molecule has 0 fully saturated rings. The number of nitrogens with zero attached hydrogens (tertiary/aromatic N) is 1. The molecule has 0 saturated carbocycles. The molecule has 0 bridgehead atoms. The van der Waals surface area contributed by atoms with Crippen molar-refractivity contribution in [3.05, 3.63) is 51.1 Å². The van der Waals surface area contributed by atoms with Gasteiger partial charge in [-0.05, 0) is 53.3 Å². The van der Waals surface area contributed by atoms with Gasteiger partial charge in [-0.2, -0.15) is 5.10 Å². The number of benzene rings is 2. The first-order valence-electron chi connectivity index (χ1n) is 7.18. The largest absolute Gasteiger partial charge is 0.504 e. The van der Waals surface area contributed by atoms with Crippen LogP contribution in [-0.4, -0.2) is 25.0 Å². The van der Waals surface area contributed by atoms with E-state index in [1.807, 2.05) is 37.3 Å². The number of phenolic OH excluding ortho intramolecular Hbond substituents is 1. The maximum atomic E-state index is 9.92. The standard InChI is InChI=1S/C17H19IN2O3/c1-3-23-16-9-12(8-14(18)17(16)21)10-19-20-11-13-6-4-5-7-15(13)22-2/h4-10,20-21H,3,11H2,1-2H3/b19-10-. The first-order chi connectivity index (χ1) is 11.2. The molecular formula is C17H19IN2O3. The number of aromatic hydroxyl groups is 1. The molecule has 0 radical (unpaired) electrons. The lowest BCUT2D eigenvalue weighted by Crippen LogP contribution is -2.07.